The van der Waals surface area contributed by atoms with E-state index in [-0.39, 0.29) is 5.69 Å². The van der Waals surface area contributed by atoms with Crippen LogP contribution in [0.1, 0.15) is 5.56 Å². The molecule has 0 aliphatic carbocycles. The minimum absolute atomic E-state index is 0.0938. The number of hydrogen-bond acceptors (Lipinski definition) is 5. The van der Waals surface area contributed by atoms with Crippen LogP contribution in [0.5, 0.6) is 0 Å². The van der Waals surface area contributed by atoms with E-state index in [0.717, 1.165) is 18.5 Å². The summed E-state index contributed by atoms with van der Waals surface area (Å²) < 4.78 is 26.8. The van der Waals surface area contributed by atoms with Gasteiger partial charge in [-0.05, 0) is 12.0 Å². The van der Waals surface area contributed by atoms with E-state index in [0.29, 0.717) is 26.2 Å². The topological polar surface area (TPSA) is 87.0 Å². The molecular formula is C14H22N4O4S. The molecule has 1 aliphatic rings. The summed E-state index contributed by atoms with van der Waals surface area (Å²) in [5.41, 5.74) is 1.13. The highest BCUT2D eigenvalue weighted by Crippen LogP contribution is 2.14. The molecule has 0 saturated carbocycles. The maximum absolute atomic E-state index is 12.0. The van der Waals surface area contributed by atoms with Crippen LogP contribution in [0, 0.1) is 10.1 Å². The predicted octanol–water partition coefficient (Wildman–Crippen LogP) is 0.561. The minimum atomic E-state index is -3.33. The fraction of sp³-hybridized carbons (Fsp3) is 0.571. The molecule has 1 aliphatic heterocycles. The van der Waals surface area contributed by atoms with Gasteiger partial charge in [0, 0.05) is 59.0 Å². The highest BCUT2D eigenvalue weighted by Gasteiger charge is 2.28. The number of benzene rings is 1. The summed E-state index contributed by atoms with van der Waals surface area (Å²) in [6.45, 7) is 3.18. The number of nitro groups is 1. The monoisotopic (exact) mass is 342 g/mol. The number of nitrogens with zero attached hydrogens (tertiary/aromatic N) is 4. The van der Waals surface area contributed by atoms with Gasteiger partial charge >= 0.3 is 0 Å². The Morgan fingerprint density at radius 2 is 1.70 bits per heavy atom. The average Bonchev–Trinajstić information content (AvgIpc) is 2.53. The van der Waals surface area contributed by atoms with Gasteiger partial charge in [0.2, 0.25) is 0 Å². The lowest BCUT2D eigenvalue weighted by molar-refractivity contribution is -0.384. The summed E-state index contributed by atoms with van der Waals surface area (Å²) in [6.07, 6.45) is 0.790. The molecule has 1 aromatic rings. The first-order valence-corrected chi connectivity index (χ1v) is 8.83. The van der Waals surface area contributed by atoms with Crippen LogP contribution in [0.3, 0.4) is 0 Å². The molecule has 128 valence electrons. The molecule has 0 radical (unpaired) electrons. The Morgan fingerprint density at radius 1 is 1.13 bits per heavy atom. The van der Waals surface area contributed by atoms with Crippen LogP contribution in [-0.4, -0.2) is 73.7 Å². The summed E-state index contributed by atoms with van der Waals surface area (Å²) in [6, 6.07) is 6.56. The van der Waals surface area contributed by atoms with Gasteiger partial charge < -0.3 is 4.90 Å². The maximum atomic E-state index is 12.0. The molecule has 0 spiro atoms. The number of rotatable bonds is 6. The molecular weight excluding hydrogens is 320 g/mol. The van der Waals surface area contributed by atoms with Crippen molar-refractivity contribution >= 4 is 15.9 Å². The Morgan fingerprint density at radius 3 is 2.17 bits per heavy atom. The second-order valence-corrected chi connectivity index (χ2v) is 7.85. The summed E-state index contributed by atoms with van der Waals surface area (Å²) in [5.74, 6) is 0. The van der Waals surface area contributed by atoms with E-state index < -0.39 is 15.1 Å². The molecule has 0 bridgehead atoms. The van der Waals surface area contributed by atoms with Crippen LogP contribution < -0.4 is 0 Å². The van der Waals surface area contributed by atoms with E-state index in [4.69, 9.17) is 0 Å². The van der Waals surface area contributed by atoms with Crippen molar-refractivity contribution in [1.29, 1.82) is 0 Å². The normalized spacial score (nSPS) is 17.5. The van der Waals surface area contributed by atoms with Crippen molar-refractivity contribution in [2.24, 2.45) is 0 Å². The van der Waals surface area contributed by atoms with Crippen LogP contribution in [0.15, 0.2) is 24.3 Å². The standard InChI is InChI=1S/C14H22N4O4S/c1-15(2)23(21,22)17-11-9-16(10-12-17)8-7-13-3-5-14(6-4-13)18(19)20/h3-6H,7-12H2,1-2H3. The van der Waals surface area contributed by atoms with Gasteiger partial charge in [-0.2, -0.15) is 17.0 Å². The Balaban J connectivity index is 1.82. The first-order chi connectivity index (χ1) is 10.8. The third-order valence-corrected chi connectivity index (χ3v) is 5.92. The van der Waals surface area contributed by atoms with E-state index in [1.54, 1.807) is 12.1 Å². The smallest absolute Gasteiger partial charge is 0.281 e. The third kappa shape index (κ3) is 4.47. The van der Waals surface area contributed by atoms with Gasteiger partial charge in [0.15, 0.2) is 0 Å². The molecule has 0 unspecified atom stereocenters. The van der Waals surface area contributed by atoms with Crippen molar-refractivity contribution in [1.82, 2.24) is 13.5 Å². The van der Waals surface area contributed by atoms with Gasteiger partial charge in [-0.15, -0.1) is 0 Å². The van der Waals surface area contributed by atoms with Gasteiger partial charge in [-0.1, -0.05) is 12.1 Å². The van der Waals surface area contributed by atoms with E-state index in [2.05, 4.69) is 4.90 Å². The molecule has 1 aromatic carbocycles. The number of piperazine rings is 1. The van der Waals surface area contributed by atoms with Crippen LogP contribution >= 0.6 is 0 Å². The van der Waals surface area contributed by atoms with Crippen LogP contribution in [0.4, 0.5) is 5.69 Å². The molecule has 0 amide bonds. The minimum Gasteiger partial charge on any atom is -0.300 e. The first kappa shape index (κ1) is 17.8. The molecule has 0 N–H and O–H groups in total. The van der Waals surface area contributed by atoms with Gasteiger partial charge in [0.05, 0.1) is 4.92 Å². The van der Waals surface area contributed by atoms with Crippen molar-refractivity contribution in [3.8, 4) is 0 Å². The molecule has 9 heteroatoms. The van der Waals surface area contributed by atoms with E-state index in [1.807, 2.05) is 0 Å². The fourth-order valence-corrected chi connectivity index (χ4v) is 3.57. The van der Waals surface area contributed by atoms with Crippen LogP contribution in [0.25, 0.3) is 0 Å². The van der Waals surface area contributed by atoms with E-state index >= 15 is 0 Å². The average molecular weight is 342 g/mol. The lowest BCUT2D eigenvalue weighted by Crippen LogP contribution is -2.51. The Kier molecular flexibility index (Phi) is 5.69. The van der Waals surface area contributed by atoms with Gasteiger partial charge in [-0.3, -0.25) is 10.1 Å². The summed E-state index contributed by atoms with van der Waals surface area (Å²) >= 11 is 0. The highest BCUT2D eigenvalue weighted by molar-refractivity contribution is 7.86. The molecule has 1 heterocycles. The zero-order valence-electron chi connectivity index (χ0n) is 13.4. The molecule has 1 fully saturated rings. The number of non-ortho nitro benzene ring substituents is 1. The second kappa shape index (κ2) is 7.35. The molecule has 8 nitrogen and oxygen atoms in total. The van der Waals surface area contributed by atoms with Crippen molar-refractivity contribution in [2.75, 3.05) is 46.8 Å². The summed E-state index contributed by atoms with van der Waals surface area (Å²) in [5, 5.41) is 10.6. The van der Waals surface area contributed by atoms with Crippen molar-refractivity contribution in [2.45, 2.75) is 6.42 Å². The quantitative estimate of drug-likeness (QED) is 0.557. The summed E-state index contributed by atoms with van der Waals surface area (Å²) in [7, 11) is -0.251. The molecule has 2 rings (SSSR count). The van der Waals surface area contributed by atoms with E-state index in [1.165, 1.54) is 34.8 Å². The fourth-order valence-electron chi connectivity index (χ4n) is 2.49. The predicted molar refractivity (Wildman–Crippen MR) is 87.4 cm³/mol. The van der Waals surface area contributed by atoms with Crippen molar-refractivity contribution < 1.29 is 13.3 Å². The lowest BCUT2D eigenvalue weighted by atomic mass is 10.1. The highest BCUT2D eigenvalue weighted by atomic mass is 32.2. The number of nitro benzene ring substituents is 1. The maximum Gasteiger partial charge on any atom is 0.281 e. The van der Waals surface area contributed by atoms with Crippen LogP contribution in [-0.2, 0) is 16.6 Å². The molecule has 0 aromatic heterocycles. The Hall–Kier alpha value is -1.55. The molecule has 1 saturated heterocycles. The van der Waals surface area contributed by atoms with Gasteiger partial charge in [0.1, 0.15) is 0 Å². The van der Waals surface area contributed by atoms with Crippen molar-refractivity contribution in [3.05, 3.63) is 39.9 Å². The van der Waals surface area contributed by atoms with Crippen molar-refractivity contribution in [3.63, 3.8) is 0 Å². The lowest BCUT2D eigenvalue weighted by Gasteiger charge is -2.35. The van der Waals surface area contributed by atoms with Gasteiger partial charge in [-0.25, -0.2) is 0 Å². The third-order valence-electron chi connectivity index (χ3n) is 3.98. The molecule has 0 atom stereocenters. The van der Waals surface area contributed by atoms with E-state index in [9.17, 15) is 18.5 Å². The first-order valence-electron chi connectivity index (χ1n) is 7.44. The zero-order valence-corrected chi connectivity index (χ0v) is 14.2. The van der Waals surface area contributed by atoms with Gasteiger partial charge in [0.25, 0.3) is 15.9 Å². The zero-order chi connectivity index (χ0) is 17.0. The van der Waals surface area contributed by atoms with Crippen LogP contribution in [0.2, 0.25) is 0 Å². The number of hydrogen-bond donors (Lipinski definition) is 0. The molecule has 23 heavy (non-hydrogen) atoms. The Bertz CT molecular complexity index is 637. The SMILES string of the molecule is CN(C)S(=O)(=O)N1CCN(CCc2ccc([N+](=O)[O-])cc2)CC1. The largest absolute Gasteiger partial charge is 0.300 e. The second-order valence-electron chi connectivity index (χ2n) is 5.70. The Labute approximate surface area is 136 Å². The summed E-state index contributed by atoms with van der Waals surface area (Å²) in [4.78, 5) is 12.4.